The van der Waals surface area contributed by atoms with E-state index in [0.29, 0.717) is 0 Å². The van der Waals surface area contributed by atoms with Crippen LogP contribution in [0.2, 0.25) is 0 Å². The number of aromatic nitrogens is 1. The van der Waals surface area contributed by atoms with Crippen LogP contribution in [0.5, 0.6) is 0 Å². The lowest BCUT2D eigenvalue weighted by Crippen LogP contribution is -1.98. The van der Waals surface area contributed by atoms with Crippen molar-refractivity contribution in [1.82, 2.24) is 4.98 Å². The van der Waals surface area contributed by atoms with E-state index in [1.54, 1.807) is 13.8 Å². The van der Waals surface area contributed by atoms with Crippen molar-refractivity contribution in [2.75, 3.05) is 5.73 Å². The second kappa shape index (κ2) is 4.70. The van der Waals surface area contributed by atoms with Crippen molar-refractivity contribution in [1.29, 1.82) is 0 Å². The summed E-state index contributed by atoms with van der Waals surface area (Å²) in [6, 6.07) is 1.39. The van der Waals surface area contributed by atoms with Gasteiger partial charge in [0.2, 0.25) is 0 Å². The van der Waals surface area contributed by atoms with E-state index in [2.05, 4.69) is 4.98 Å². The van der Waals surface area contributed by atoms with Crippen LogP contribution >= 0.6 is 0 Å². The molecule has 0 saturated heterocycles. The van der Waals surface area contributed by atoms with Gasteiger partial charge in [0, 0.05) is 5.69 Å². The highest BCUT2D eigenvalue weighted by Gasteiger charge is 2.01. The Morgan fingerprint density at radius 3 is 2.25 bits per heavy atom. The second-order valence-corrected chi connectivity index (χ2v) is 2.26. The molecule has 0 saturated carbocycles. The summed E-state index contributed by atoms with van der Waals surface area (Å²) >= 11 is 0. The normalized spacial score (nSPS) is 8.75. The first-order chi connectivity index (χ1) is 5.61. The molecule has 0 fully saturated rings. The summed E-state index contributed by atoms with van der Waals surface area (Å²) in [5.41, 5.74) is 6.81. The van der Waals surface area contributed by atoms with Gasteiger partial charge in [-0.2, -0.15) is 0 Å². The molecule has 2 nitrogen and oxygen atoms in total. The number of pyridine rings is 1. The van der Waals surface area contributed by atoms with Gasteiger partial charge in [0.1, 0.15) is 0 Å². The van der Waals surface area contributed by atoms with Gasteiger partial charge < -0.3 is 5.73 Å². The fourth-order valence-electron chi connectivity index (χ4n) is 0.691. The monoisotopic (exact) mass is 170 g/mol. The Hall–Kier alpha value is -1.12. The summed E-state index contributed by atoms with van der Waals surface area (Å²) in [4.78, 5) is 3.78. The zero-order valence-corrected chi connectivity index (χ0v) is 7.98. The lowest BCUT2D eigenvalue weighted by Gasteiger charge is -2.00. The third-order valence-corrected chi connectivity index (χ3v) is 1.45. The van der Waals surface area contributed by atoms with Crippen molar-refractivity contribution in [3.8, 4) is 0 Å². The molecule has 12 heavy (non-hydrogen) atoms. The molecule has 2 N–H and O–H groups in total. The van der Waals surface area contributed by atoms with Crippen LogP contribution in [0.4, 0.5) is 10.2 Å². The number of nitrogens with zero attached hydrogens (tertiary/aromatic N) is 1. The molecule has 0 bridgehead atoms. The molecule has 0 atom stereocenters. The molecule has 0 aromatic carbocycles. The SMILES string of the molecule is CC.Cc1cc(F)c(N)nc1C. The molecule has 3 heteroatoms. The first-order valence-electron chi connectivity index (χ1n) is 4.00. The van der Waals surface area contributed by atoms with Gasteiger partial charge in [-0.3, -0.25) is 0 Å². The standard InChI is InChI=1S/C7H9FN2.C2H6/c1-4-3-6(8)7(9)10-5(4)2;1-2/h3H,1-2H3,(H2,9,10);1-2H3. The molecule has 0 unspecified atom stereocenters. The zero-order chi connectivity index (χ0) is 9.72. The van der Waals surface area contributed by atoms with E-state index in [4.69, 9.17) is 5.73 Å². The second-order valence-electron chi connectivity index (χ2n) is 2.26. The molecule has 1 aromatic rings. The average molecular weight is 170 g/mol. The van der Waals surface area contributed by atoms with Crippen molar-refractivity contribution in [3.63, 3.8) is 0 Å². The Kier molecular flexibility index (Phi) is 4.26. The molecule has 1 rings (SSSR count). The highest BCUT2D eigenvalue weighted by Crippen LogP contribution is 2.10. The van der Waals surface area contributed by atoms with Gasteiger partial charge in [-0.15, -0.1) is 0 Å². The molecular formula is C9H15FN2. The predicted molar refractivity (Wildman–Crippen MR) is 49.4 cm³/mol. The van der Waals surface area contributed by atoms with Gasteiger partial charge in [-0.1, -0.05) is 13.8 Å². The van der Waals surface area contributed by atoms with Gasteiger partial charge in [-0.25, -0.2) is 9.37 Å². The molecule has 1 heterocycles. The van der Waals surface area contributed by atoms with Gasteiger partial charge in [0.25, 0.3) is 0 Å². The van der Waals surface area contributed by atoms with Gasteiger partial charge >= 0.3 is 0 Å². The highest BCUT2D eigenvalue weighted by molar-refractivity contribution is 5.34. The van der Waals surface area contributed by atoms with Gasteiger partial charge in [0.05, 0.1) is 0 Å². The minimum atomic E-state index is -0.442. The van der Waals surface area contributed by atoms with Crippen LogP contribution in [0.15, 0.2) is 6.07 Å². The summed E-state index contributed by atoms with van der Waals surface area (Å²) in [6.07, 6.45) is 0. The fraction of sp³-hybridized carbons (Fsp3) is 0.444. The van der Waals surface area contributed by atoms with Crippen LogP contribution in [0.1, 0.15) is 25.1 Å². The van der Waals surface area contributed by atoms with Crippen LogP contribution in [0.3, 0.4) is 0 Å². The molecule has 0 aliphatic rings. The average Bonchev–Trinajstić information content (AvgIpc) is 2.05. The molecule has 0 amide bonds. The van der Waals surface area contributed by atoms with Gasteiger partial charge in [-0.05, 0) is 25.5 Å². The number of anilines is 1. The Labute approximate surface area is 72.6 Å². The lowest BCUT2D eigenvalue weighted by molar-refractivity contribution is 0.624. The van der Waals surface area contributed by atoms with E-state index >= 15 is 0 Å². The first kappa shape index (κ1) is 10.9. The third-order valence-electron chi connectivity index (χ3n) is 1.45. The molecular weight excluding hydrogens is 155 g/mol. The lowest BCUT2D eigenvalue weighted by atomic mass is 10.2. The van der Waals surface area contributed by atoms with Crippen molar-refractivity contribution < 1.29 is 4.39 Å². The summed E-state index contributed by atoms with van der Waals surface area (Å²) in [7, 11) is 0. The molecule has 0 aliphatic carbocycles. The van der Waals surface area contributed by atoms with Crippen LogP contribution in [-0.4, -0.2) is 4.98 Å². The van der Waals surface area contributed by atoms with Crippen LogP contribution in [0.25, 0.3) is 0 Å². The Morgan fingerprint density at radius 2 is 1.83 bits per heavy atom. The molecule has 1 aromatic heterocycles. The molecule has 0 spiro atoms. The summed E-state index contributed by atoms with van der Waals surface area (Å²) in [6.45, 7) is 7.59. The number of rotatable bonds is 0. The Morgan fingerprint density at radius 1 is 1.33 bits per heavy atom. The third kappa shape index (κ3) is 2.49. The summed E-state index contributed by atoms with van der Waals surface area (Å²) in [5, 5.41) is 0. The number of hydrogen-bond acceptors (Lipinski definition) is 2. The first-order valence-corrected chi connectivity index (χ1v) is 4.00. The zero-order valence-electron chi connectivity index (χ0n) is 7.98. The quantitative estimate of drug-likeness (QED) is 0.649. The van der Waals surface area contributed by atoms with E-state index in [1.165, 1.54) is 6.07 Å². The molecule has 0 radical (unpaired) electrons. The summed E-state index contributed by atoms with van der Waals surface area (Å²) in [5.74, 6) is -0.466. The largest absolute Gasteiger partial charge is 0.381 e. The van der Waals surface area contributed by atoms with E-state index in [-0.39, 0.29) is 5.82 Å². The molecule has 0 aliphatic heterocycles. The van der Waals surface area contributed by atoms with E-state index in [1.807, 2.05) is 13.8 Å². The topological polar surface area (TPSA) is 38.9 Å². The van der Waals surface area contributed by atoms with E-state index in [0.717, 1.165) is 11.3 Å². The number of halogens is 1. The van der Waals surface area contributed by atoms with Crippen LogP contribution in [-0.2, 0) is 0 Å². The molecule has 68 valence electrons. The Balaban J connectivity index is 0.000000561. The van der Waals surface area contributed by atoms with E-state index < -0.39 is 5.82 Å². The maximum atomic E-state index is 12.6. The number of nitrogens with two attached hydrogens (primary N) is 1. The highest BCUT2D eigenvalue weighted by atomic mass is 19.1. The maximum absolute atomic E-state index is 12.6. The van der Waals surface area contributed by atoms with Crippen molar-refractivity contribution >= 4 is 5.82 Å². The summed E-state index contributed by atoms with van der Waals surface area (Å²) < 4.78 is 12.6. The number of aryl methyl sites for hydroxylation is 2. The van der Waals surface area contributed by atoms with Gasteiger partial charge in [0.15, 0.2) is 11.6 Å². The number of nitrogen functional groups attached to an aromatic ring is 1. The fourth-order valence-corrected chi connectivity index (χ4v) is 0.691. The minimum Gasteiger partial charge on any atom is -0.381 e. The van der Waals surface area contributed by atoms with Crippen LogP contribution < -0.4 is 5.73 Å². The minimum absolute atomic E-state index is 0.0249. The van der Waals surface area contributed by atoms with E-state index in [9.17, 15) is 4.39 Å². The van der Waals surface area contributed by atoms with Crippen LogP contribution in [0, 0.1) is 19.7 Å². The predicted octanol–water partition coefficient (Wildman–Crippen LogP) is 2.45. The Bertz CT molecular complexity index is 209. The smallest absolute Gasteiger partial charge is 0.165 e. The number of hydrogen-bond donors (Lipinski definition) is 1. The van der Waals surface area contributed by atoms with Crippen molar-refractivity contribution in [2.24, 2.45) is 0 Å². The maximum Gasteiger partial charge on any atom is 0.165 e. The van der Waals surface area contributed by atoms with Crippen molar-refractivity contribution in [3.05, 3.63) is 23.1 Å². The van der Waals surface area contributed by atoms with Crippen molar-refractivity contribution in [2.45, 2.75) is 27.7 Å².